The number of hydrogen-bond acceptors (Lipinski definition) is 4. The van der Waals surface area contributed by atoms with Crippen LogP contribution in [0.5, 0.6) is 11.5 Å². The molecule has 6 nitrogen and oxygen atoms in total. The van der Waals surface area contributed by atoms with E-state index in [9.17, 15) is 5.11 Å². The number of phenols is 1. The summed E-state index contributed by atoms with van der Waals surface area (Å²) in [5.74, 6) is 2.46. The van der Waals surface area contributed by atoms with Crippen LogP contribution in [0.25, 0.3) is 0 Å². The second-order valence-electron chi connectivity index (χ2n) is 7.28. The molecule has 1 saturated heterocycles. The van der Waals surface area contributed by atoms with E-state index in [-0.39, 0.29) is 29.7 Å². The lowest BCUT2D eigenvalue weighted by molar-refractivity contribution is 0.192. The van der Waals surface area contributed by atoms with E-state index in [0.717, 1.165) is 43.5 Å². The summed E-state index contributed by atoms with van der Waals surface area (Å²) in [6, 6.07) is 5.58. The summed E-state index contributed by atoms with van der Waals surface area (Å²) in [5, 5.41) is 16.8. The van der Waals surface area contributed by atoms with Gasteiger partial charge in [-0.05, 0) is 69.8 Å². The fraction of sp³-hybridized carbons (Fsp3) is 0.667. The van der Waals surface area contributed by atoms with E-state index in [4.69, 9.17) is 4.74 Å². The lowest BCUT2D eigenvalue weighted by Crippen LogP contribution is -2.38. The molecular formula is C21H37IN4O2. The van der Waals surface area contributed by atoms with Crippen LogP contribution in [0, 0.1) is 5.92 Å². The molecule has 0 aromatic heterocycles. The van der Waals surface area contributed by atoms with Crippen molar-refractivity contribution in [2.24, 2.45) is 10.9 Å². The molecule has 0 atom stereocenters. The third-order valence-corrected chi connectivity index (χ3v) is 5.11. The van der Waals surface area contributed by atoms with Crippen LogP contribution in [-0.2, 0) is 6.42 Å². The molecule has 1 fully saturated rings. The molecule has 1 aromatic carbocycles. The Hall–Kier alpha value is -1.22. The van der Waals surface area contributed by atoms with Gasteiger partial charge in [-0.3, -0.25) is 4.99 Å². The molecule has 0 saturated carbocycles. The maximum atomic E-state index is 10.2. The molecule has 7 heteroatoms. The van der Waals surface area contributed by atoms with Crippen LogP contribution in [0.1, 0.15) is 38.7 Å². The van der Waals surface area contributed by atoms with Crippen LogP contribution in [0.4, 0.5) is 0 Å². The van der Waals surface area contributed by atoms with Gasteiger partial charge in [0.2, 0.25) is 0 Å². The van der Waals surface area contributed by atoms with Crippen molar-refractivity contribution in [2.45, 2.75) is 39.5 Å². The van der Waals surface area contributed by atoms with E-state index in [1.807, 2.05) is 12.1 Å². The molecule has 1 heterocycles. The van der Waals surface area contributed by atoms with Gasteiger partial charge in [0.25, 0.3) is 0 Å². The summed E-state index contributed by atoms with van der Waals surface area (Å²) in [6.07, 6.45) is 4.44. The van der Waals surface area contributed by atoms with E-state index in [1.54, 1.807) is 13.2 Å². The molecule has 1 aromatic rings. The number of guanidine groups is 1. The molecule has 3 N–H and O–H groups in total. The third kappa shape index (κ3) is 8.43. The zero-order chi connectivity index (χ0) is 19.5. The predicted octanol–water partition coefficient (Wildman–Crippen LogP) is 3.24. The van der Waals surface area contributed by atoms with Crippen molar-refractivity contribution >= 4 is 29.9 Å². The summed E-state index contributed by atoms with van der Waals surface area (Å²) in [6.45, 7) is 10.4. The SMILES string of the molecule is CCNC(=NCCCN1CCC(C)CC1)NCCc1cccc(OC)c1O.I. The topological polar surface area (TPSA) is 69.1 Å². The number of phenolic OH excluding ortho intramolecular Hbond substituents is 1. The first kappa shape index (κ1) is 24.8. The Morgan fingerprint density at radius 3 is 2.71 bits per heavy atom. The Balaban J connectivity index is 0.00000392. The summed E-state index contributed by atoms with van der Waals surface area (Å²) in [4.78, 5) is 7.24. The Kier molecular flexibility index (Phi) is 12.3. The number of nitrogens with one attached hydrogen (secondary N) is 2. The van der Waals surface area contributed by atoms with Crippen molar-refractivity contribution in [2.75, 3.05) is 46.4 Å². The number of aromatic hydroxyl groups is 1. The fourth-order valence-corrected chi connectivity index (χ4v) is 3.36. The van der Waals surface area contributed by atoms with Gasteiger partial charge < -0.3 is 25.4 Å². The van der Waals surface area contributed by atoms with E-state index >= 15 is 0 Å². The molecule has 0 bridgehead atoms. The number of rotatable bonds is 9. The second-order valence-corrected chi connectivity index (χ2v) is 7.28. The number of nitrogens with zero attached hydrogens (tertiary/aromatic N) is 2. The van der Waals surface area contributed by atoms with Crippen molar-refractivity contribution in [1.29, 1.82) is 0 Å². The monoisotopic (exact) mass is 504 g/mol. The van der Waals surface area contributed by atoms with Crippen molar-refractivity contribution in [1.82, 2.24) is 15.5 Å². The minimum Gasteiger partial charge on any atom is -0.504 e. The summed E-state index contributed by atoms with van der Waals surface area (Å²) in [7, 11) is 1.57. The number of benzene rings is 1. The van der Waals surface area contributed by atoms with E-state index < -0.39 is 0 Å². The molecule has 0 aliphatic carbocycles. The van der Waals surface area contributed by atoms with Crippen LogP contribution >= 0.6 is 24.0 Å². The van der Waals surface area contributed by atoms with Gasteiger partial charge in [-0.1, -0.05) is 19.1 Å². The molecule has 0 spiro atoms. The van der Waals surface area contributed by atoms with Crippen molar-refractivity contribution in [3.63, 3.8) is 0 Å². The van der Waals surface area contributed by atoms with Crippen LogP contribution in [0.2, 0.25) is 0 Å². The average Bonchev–Trinajstić information content (AvgIpc) is 2.68. The van der Waals surface area contributed by atoms with Crippen molar-refractivity contribution < 1.29 is 9.84 Å². The Morgan fingerprint density at radius 2 is 2.04 bits per heavy atom. The van der Waals surface area contributed by atoms with Crippen molar-refractivity contribution in [3.8, 4) is 11.5 Å². The summed E-state index contributed by atoms with van der Waals surface area (Å²) in [5.41, 5.74) is 0.872. The van der Waals surface area contributed by atoms with E-state index in [2.05, 4.69) is 34.4 Å². The standard InChI is InChI=1S/C21H36N4O2.HI/c1-4-22-21(23-12-6-14-25-15-10-17(2)11-16-25)24-13-9-18-7-5-8-19(27-3)20(18)26;/h5,7-8,17,26H,4,6,9-16H2,1-3H3,(H2,22,23,24);1H. The molecule has 1 aliphatic rings. The van der Waals surface area contributed by atoms with Gasteiger partial charge in [-0.2, -0.15) is 0 Å². The highest BCUT2D eigenvalue weighted by Crippen LogP contribution is 2.29. The minimum absolute atomic E-state index is 0. The number of aliphatic imine (C=N–C) groups is 1. The highest BCUT2D eigenvalue weighted by atomic mass is 127. The lowest BCUT2D eigenvalue weighted by Gasteiger charge is -2.29. The molecule has 2 rings (SSSR count). The van der Waals surface area contributed by atoms with Gasteiger partial charge in [0.1, 0.15) is 0 Å². The van der Waals surface area contributed by atoms with Gasteiger partial charge in [-0.15, -0.1) is 24.0 Å². The van der Waals surface area contributed by atoms with Crippen LogP contribution < -0.4 is 15.4 Å². The molecule has 0 amide bonds. The predicted molar refractivity (Wildman–Crippen MR) is 127 cm³/mol. The van der Waals surface area contributed by atoms with Crippen LogP contribution in [0.15, 0.2) is 23.2 Å². The minimum atomic E-state index is 0. The smallest absolute Gasteiger partial charge is 0.191 e. The summed E-state index contributed by atoms with van der Waals surface area (Å²) >= 11 is 0. The number of piperidine rings is 1. The molecule has 160 valence electrons. The first-order valence-electron chi connectivity index (χ1n) is 10.2. The first-order chi connectivity index (χ1) is 13.1. The number of hydrogen-bond donors (Lipinski definition) is 3. The molecular weight excluding hydrogens is 467 g/mol. The Morgan fingerprint density at radius 1 is 1.29 bits per heavy atom. The molecule has 28 heavy (non-hydrogen) atoms. The number of ether oxygens (including phenoxy) is 1. The van der Waals surface area contributed by atoms with Crippen molar-refractivity contribution in [3.05, 3.63) is 23.8 Å². The maximum absolute atomic E-state index is 10.2. The average molecular weight is 504 g/mol. The third-order valence-electron chi connectivity index (χ3n) is 5.11. The zero-order valence-corrected chi connectivity index (χ0v) is 19.9. The lowest BCUT2D eigenvalue weighted by atomic mass is 9.99. The van der Waals surface area contributed by atoms with Gasteiger partial charge in [-0.25, -0.2) is 0 Å². The Labute approximate surface area is 187 Å². The molecule has 0 radical (unpaired) electrons. The second kappa shape index (κ2) is 13.9. The van der Waals surface area contributed by atoms with Crippen LogP contribution in [0.3, 0.4) is 0 Å². The zero-order valence-electron chi connectivity index (χ0n) is 17.5. The largest absolute Gasteiger partial charge is 0.504 e. The maximum Gasteiger partial charge on any atom is 0.191 e. The molecule has 1 aliphatic heterocycles. The van der Waals surface area contributed by atoms with Gasteiger partial charge in [0, 0.05) is 19.6 Å². The van der Waals surface area contributed by atoms with Gasteiger partial charge in [0.15, 0.2) is 17.5 Å². The number of para-hydroxylation sites is 1. The first-order valence-corrected chi connectivity index (χ1v) is 10.2. The number of likely N-dealkylation sites (tertiary alicyclic amines) is 1. The normalized spacial score (nSPS) is 15.8. The highest BCUT2D eigenvalue weighted by molar-refractivity contribution is 14.0. The van der Waals surface area contributed by atoms with Gasteiger partial charge >= 0.3 is 0 Å². The number of halogens is 1. The number of methoxy groups -OCH3 is 1. The van der Waals surface area contributed by atoms with Crippen LogP contribution in [-0.4, -0.2) is 62.3 Å². The quantitative estimate of drug-likeness (QED) is 0.209. The van der Waals surface area contributed by atoms with E-state index in [0.29, 0.717) is 18.7 Å². The molecule has 0 unspecified atom stereocenters. The van der Waals surface area contributed by atoms with E-state index in [1.165, 1.54) is 25.9 Å². The fourth-order valence-electron chi connectivity index (χ4n) is 3.36. The van der Waals surface area contributed by atoms with Gasteiger partial charge in [0.05, 0.1) is 7.11 Å². The summed E-state index contributed by atoms with van der Waals surface area (Å²) < 4.78 is 5.16. The highest BCUT2D eigenvalue weighted by Gasteiger charge is 2.14. The Bertz CT molecular complexity index is 590.